The maximum Gasteiger partial charge on any atom is 0.191 e. The average molecular weight is 514 g/mol. The van der Waals surface area contributed by atoms with Crippen molar-refractivity contribution in [1.82, 2.24) is 20.5 Å². The van der Waals surface area contributed by atoms with Crippen molar-refractivity contribution in [3.05, 3.63) is 64.4 Å². The Morgan fingerprint density at radius 2 is 2.00 bits per heavy atom. The number of benzene rings is 1. The first-order valence-electron chi connectivity index (χ1n) is 9.66. The number of halogens is 2. The van der Waals surface area contributed by atoms with Gasteiger partial charge in [0.25, 0.3) is 0 Å². The van der Waals surface area contributed by atoms with E-state index in [1.807, 2.05) is 18.3 Å². The van der Waals surface area contributed by atoms with Gasteiger partial charge < -0.3 is 10.6 Å². The number of hydrogen-bond acceptors (Lipinski definition) is 3. The third kappa shape index (κ3) is 7.22. The Kier molecular flexibility index (Phi) is 10.0. The van der Waals surface area contributed by atoms with Crippen LogP contribution in [0.4, 0.5) is 0 Å². The molecule has 7 heteroatoms. The third-order valence-corrected chi connectivity index (χ3v) is 4.96. The van der Waals surface area contributed by atoms with Gasteiger partial charge in [0.15, 0.2) is 5.96 Å². The lowest BCUT2D eigenvalue weighted by atomic mass is 10.0. The Labute approximate surface area is 190 Å². The fraction of sp³-hybridized carbons (Fsp3) is 0.429. The summed E-state index contributed by atoms with van der Waals surface area (Å²) in [6, 6.07) is 12.6. The molecule has 1 aromatic heterocycles. The fourth-order valence-corrected chi connectivity index (χ4v) is 3.38. The van der Waals surface area contributed by atoms with E-state index in [1.165, 1.54) is 11.1 Å². The number of nitrogens with one attached hydrogen (secondary N) is 2. The molecule has 5 nitrogen and oxygen atoms in total. The Hall–Kier alpha value is -1.38. The summed E-state index contributed by atoms with van der Waals surface area (Å²) in [6.45, 7) is 7.66. The molecule has 2 heterocycles. The highest BCUT2D eigenvalue weighted by Gasteiger charge is 2.14. The smallest absolute Gasteiger partial charge is 0.191 e. The zero-order valence-corrected chi connectivity index (χ0v) is 19.4. The van der Waals surface area contributed by atoms with Crippen LogP contribution in [0.1, 0.15) is 23.6 Å². The lowest BCUT2D eigenvalue weighted by Crippen LogP contribution is -2.39. The molecule has 0 fully saturated rings. The summed E-state index contributed by atoms with van der Waals surface area (Å²) in [6.07, 6.45) is 3.84. The molecule has 0 bridgehead atoms. The minimum absolute atomic E-state index is 0. The first kappa shape index (κ1) is 22.9. The molecule has 0 saturated carbocycles. The lowest BCUT2D eigenvalue weighted by molar-refractivity contribution is 0.261. The first-order chi connectivity index (χ1) is 13.2. The van der Waals surface area contributed by atoms with Crippen molar-refractivity contribution in [2.45, 2.75) is 26.3 Å². The lowest BCUT2D eigenvalue weighted by Gasteiger charge is -2.28. The number of aliphatic imine (C=N–C) groups is 1. The van der Waals surface area contributed by atoms with E-state index in [9.17, 15) is 0 Å². The number of rotatable bonds is 7. The van der Waals surface area contributed by atoms with E-state index in [0.29, 0.717) is 5.15 Å². The number of fused-ring (bicyclic) bond motifs is 1. The van der Waals surface area contributed by atoms with E-state index < -0.39 is 0 Å². The highest BCUT2D eigenvalue weighted by molar-refractivity contribution is 14.0. The molecule has 1 aliphatic rings. The van der Waals surface area contributed by atoms with Gasteiger partial charge >= 0.3 is 0 Å². The van der Waals surface area contributed by atoms with Gasteiger partial charge in [-0.05, 0) is 42.5 Å². The third-order valence-electron chi connectivity index (χ3n) is 4.73. The molecule has 0 unspecified atom stereocenters. The van der Waals surface area contributed by atoms with Crippen LogP contribution in [0.25, 0.3) is 0 Å². The molecule has 3 rings (SSSR count). The molecule has 0 amide bonds. The van der Waals surface area contributed by atoms with E-state index in [4.69, 9.17) is 16.6 Å². The zero-order chi connectivity index (χ0) is 18.9. The number of aromatic nitrogens is 1. The van der Waals surface area contributed by atoms with Crippen LogP contribution in [0.5, 0.6) is 0 Å². The molecule has 0 radical (unpaired) electrons. The van der Waals surface area contributed by atoms with E-state index >= 15 is 0 Å². The second kappa shape index (κ2) is 12.2. The van der Waals surface area contributed by atoms with Crippen molar-refractivity contribution in [2.24, 2.45) is 4.99 Å². The Balaban J connectivity index is 0.00000280. The summed E-state index contributed by atoms with van der Waals surface area (Å²) in [4.78, 5) is 11.3. The Morgan fingerprint density at radius 3 is 2.75 bits per heavy atom. The maximum absolute atomic E-state index is 5.83. The molecule has 28 heavy (non-hydrogen) atoms. The van der Waals surface area contributed by atoms with Gasteiger partial charge in [-0.25, -0.2) is 4.98 Å². The average Bonchev–Trinajstić information content (AvgIpc) is 2.69. The summed E-state index contributed by atoms with van der Waals surface area (Å²) in [7, 11) is 0. The quantitative estimate of drug-likeness (QED) is 0.258. The second-order valence-electron chi connectivity index (χ2n) is 6.72. The summed E-state index contributed by atoms with van der Waals surface area (Å²) in [5.74, 6) is 0.872. The van der Waals surface area contributed by atoms with Crippen LogP contribution in [-0.2, 0) is 19.4 Å². The van der Waals surface area contributed by atoms with Crippen LogP contribution in [0.2, 0.25) is 5.15 Å². The second-order valence-corrected chi connectivity index (χ2v) is 7.11. The molecule has 2 N–H and O–H groups in total. The van der Waals surface area contributed by atoms with Crippen molar-refractivity contribution < 1.29 is 0 Å². The van der Waals surface area contributed by atoms with E-state index in [0.717, 1.165) is 63.6 Å². The fourth-order valence-electron chi connectivity index (χ4n) is 3.27. The molecule has 0 atom stereocenters. The van der Waals surface area contributed by atoms with Crippen LogP contribution < -0.4 is 10.6 Å². The SMILES string of the molecule is CCNC(=NCCN1CCc2ccccc2C1)NCCc1ccc(Cl)nc1.I. The normalized spacial score (nSPS) is 14.1. The van der Waals surface area contributed by atoms with Crippen molar-refractivity contribution in [2.75, 3.05) is 32.7 Å². The highest BCUT2D eigenvalue weighted by atomic mass is 127. The molecule has 0 spiro atoms. The predicted octanol–water partition coefficient (Wildman–Crippen LogP) is 3.51. The number of pyridine rings is 1. The van der Waals surface area contributed by atoms with Gasteiger partial charge in [-0.15, -0.1) is 24.0 Å². The van der Waals surface area contributed by atoms with Gasteiger partial charge in [-0.1, -0.05) is 41.9 Å². The monoisotopic (exact) mass is 513 g/mol. The summed E-state index contributed by atoms with van der Waals surface area (Å²) in [5.41, 5.74) is 4.10. The molecule has 0 aliphatic carbocycles. The van der Waals surface area contributed by atoms with Crippen LogP contribution in [0, 0.1) is 0 Å². The van der Waals surface area contributed by atoms with Crippen LogP contribution >= 0.6 is 35.6 Å². The molecular formula is C21H29ClIN5. The standard InChI is InChI=1S/C21H28ClN5.HI/c1-2-23-21(24-11-9-17-7-8-20(22)26-15-17)25-12-14-27-13-10-18-5-3-4-6-19(18)16-27;/h3-8,15H,2,9-14,16H2,1H3,(H2,23,24,25);1H. The molecule has 2 aromatic rings. The number of guanidine groups is 1. The summed E-state index contributed by atoms with van der Waals surface area (Å²) in [5, 5.41) is 7.24. The molecule has 1 aromatic carbocycles. The Morgan fingerprint density at radius 1 is 1.18 bits per heavy atom. The summed E-state index contributed by atoms with van der Waals surface area (Å²) < 4.78 is 0. The van der Waals surface area contributed by atoms with Crippen molar-refractivity contribution in [3.8, 4) is 0 Å². The summed E-state index contributed by atoms with van der Waals surface area (Å²) >= 11 is 5.83. The first-order valence-corrected chi connectivity index (χ1v) is 10.0. The van der Waals surface area contributed by atoms with Gasteiger partial charge in [0, 0.05) is 38.9 Å². The maximum atomic E-state index is 5.83. The van der Waals surface area contributed by atoms with Gasteiger partial charge in [-0.3, -0.25) is 9.89 Å². The highest BCUT2D eigenvalue weighted by Crippen LogP contribution is 2.17. The van der Waals surface area contributed by atoms with E-state index in [2.05, 4.69) is 51.7 Å². The van der Waals surface area contributed by atoms with Crippen LogP contribution in [0.15, 0.2) is 47.6 Å². The number of nitrogens with zero attached hydrogens (tertiary/aromatic N) is 3. The van der Waals surface area contributed by atoms with E-state index in [1.54, 1.807) is 0 Å². The molecule has 1 aliphatic heterocycles. The van der Waals surface area contributed by atoms with Crippen LogP contribution in [0.3, 0.4) is 0 Å². The Bertz CT molecular complexity index is 751. The van der Waals surface area contributed by atoms with E-state index in [-0.39, 0.29) is 24.0 Å². The van der Waals surface area contributed by atoms with Gasteiger partial charge in [-0.2, -0.15) is 0 Å². The minimum Gasteiger partial charge on any atom is -0.357 e. The molecular weight excluding hydrogens is 485 g/mol. The predicted molar refractivity (Wildman–Crippen MR) is 128 cm³/mol. The molecule has 152 valence electrons. The molecule has 0 saturated heterocycles. The van der Waals surface area contributed by atoms with Crippen molar-refractivity contribution >= 4 is 41.5 Å². The largest absolute Gasteiger partial charge is 0.357 e. The zero-order valence-electron chi connectivity index (χ0n) is 16.3. The minimum atomic E-state index is 0. The van der Waals surface area contributed by atoms with Crippen LogP contribution in [-0.4, -0.2) is 48.6 Å². The number of hydrogen-bond donors (Lipinski definition) is 2. The van der Waals surface area contributed by atoms with Crippen molar-refractivity contribution in [3.63, 3.8) is 0 Å². The van der Waals surface area contributed by atoms with Gasteiger partial charge in [0.2, 0.25) is 0 Å². The van der Waals surface area contributed by atoms with Gasteiger partial charge in [0.05, 0.1) is 6.54 Å². The topological polar surface area (TPSA) is 52.6 Å². The van der Waals surface area contributed by atoms with Crippen molar-refractivity contribution in [1.29, 1.82) is 0 Å². The van der Waals surface area contributed by atoms with Gasteiger partial charge in [0.1, 0.15) is 5.15 Å².